The fourth-order valence-corrected chi connectivity index (χ4v) is 2.57. The molecule has 5 nitrogen and oxygen atoms in total. The molecule has 2 aromatic rings. The van der Waals surface area contributed by atoms with E-state index in [1.54, 1.807) is 20.2 Å². The van der Waals surface area contributed by atoms with Crippen LogP contribution in [0, 0.1) is 0 Å². The van der Waals surface area contributed by atoms with Gasteiger partial charge in [-0.15, -0.1) is 0 Å². The van der Waals surface area contributed by atoms with Crippen molar-refractivity contribution in [3.05, 3.63) is 35.5 Å². The Morgan fingerprint density at radius 1 is 1.26 bits per heavy atom. The van der Waals surface area contributed by atoms with E-state index in [9.17, 15) is 4.79 Å². The molecule has 0 aliphatic heterocycles. The highest BCUT2D eigenvalue weighted by Gasteiger charge is 2.27. The smallest absolute Gasteiger partial charge is 0.339 e. The minimum absolute atomic E-state index is 0.338. The van der Waals surface area contributed by atoms with Crippen LogP contribution in [-0.4, -0.2) is 37.9 Å². The predicted molar refractivity (Wildman–Crippen MR) is 87.0 cm³/mol. The van der Waals surface area contributed by atoms with E-state index in [2.05, 4.69) is 11.1 Å². The molecular formula is C18H21NO4. The third-order valence-corrected chi connectivity index (χ3v) is 3.89. The van der Waals surface area contributed by atoms with Crippen molar-refractivity contribution in [2.45, 2.75) is 25.7 Å². The lowest BCUT2D eigenvalue weighted by atomic mass is 10.0. The van der Waals surface area contributed by atoms with Gasteiger partial charge in [0.15, 0.2) is 0 Å². The summed E-state index contributed by atoms with van der Waals surface area (Å²) in [4.78, 5) is 16.2. The Kier molecular flexibility index (Phi) is 4.76. The Morgan fingerprint density at radius 3 is 2.78 bits per heavy atom. The standard InChI is InChI=1S/C18H21NO4/c1-3-22-18(20)14-8-13-9-15(12-4-5-12)17(23-7-6-21-2)10-16(13)19-11-14/h8-12H,3-7H2,1-2H3. The molecule has 0 saturated heterocycles. The number of carbonyl (C=O) groups excluding carboxylic acids is 1. The molecule has 1 fully saturated rings. The molecule has 0 atom stereocenters. The van der Waals surface area contributed by atoms with Crippen molar-refractivity contribution in [1.29, 1.82) is 0 Å². The zero-order chi connectivity index (χ0) is 16.2. The largest absolute Gasteiger partial charge is 0.491 e. The zero-order valence-corrected chi connectivity index (χ0v) is 13.5. The second kappa shape index (κ2) is 6.96. The lowest BCUT2D eigenvalue weighted by Crippen LogP contribution is -2.07. The molecule has 0 unspecified atom stereocenters. The van der Waals surface area contributed by atoms with Crippen molar-refractivity contribution < 1.29 is 19.0 Å². The molecule has 1 aromatic heterocycles. The van der Waals surface area contributed by atoms with Crippen LogP contribution >= 0.6 is 0 Å². The molecule has 23 heavy (non-hydrogen) atoms. The Bertz CT molecular complexity index is 709. The molecule has 0 radical (unpaired) electrons. The van der Waals surface area contributed by atoms with Gasteiger partial charge < -0.3 is 14.2 Å². The van der Waals surface area contributed by atoms with Gasteiger partial charge in [0, 0.05) is 24.8 Å². The molecular weight excluding hydrogens is 294 g/mol. The fraction of sp³-hybridized carbons (Fsp3) is 0.444. The van der Waals surface area contributed by atoms with E-state index in [0.717, 1.165) is 16.7 Å². The van der Waals surface area contributed by atoms with E-state index in [1.807, 2.05) is 12.1 Å². The van der Waals surface area contributed by atoms with Crippen molar-refractivity contribution in [3.63, 3.8) is 0 Å². The summed E-state index contributed by atoms with van der Waals surface area (Å²) >= 11 is 0. The van der Waals surface area contributed by atoms with Crippen molar-refractivity contribution >= 4 is 16.9 Å². The number of pyridine rings is 1. The summed E-state index contributed by atoms with van der Waals surface area (Å²) in [7, 11) is 1.66. The predicted octanol–water partition coefficient (Wildman–Crippen LogP) is 3.31. The molecule has 1 aromatic carbocycles. The minimum atomic E-state index is -0.338. The molecule has 1 aliphatic carbocycles. The molecule has 1 saturated carbocycles. The summed E-state index contributed by atoms with van der Waals surface area (Å²) in [5.41, 5.74) is 2.49. The fourth-order valence-electron chi connectivity index (χ4n) is 2.57. The van der Waals surface area contributed by atoms with Gasteiger partial charge in [-0.1, -0.05) is 0 Å². The van der Waals surface area contributed by atoms with Crippen LogP contribution in [0.5, 0.6) is 5.75 Å². The Hall–Kier alpha value is -2.14. The molecule has 122 valence electrons. The first-order valence-electron chi connectivity index (χ1n) is 7.95. The number of nitrogens with zero attached hydrogens (tertiary/aromatic N) is 1. The topological polar surface area (TPSA) is 57.7 Å². The third-order valence-electron chi connectivity index (χ3n) is 3.89. The number of hydrogen-bond acceptors (Lipinski definition) is 5. The van der Waals surface area contributed by atoms with Gasteiger partial charge in [-0.2, -0.15) is 0 Å². The van der Waals surface area contributed by atoms with Crippen LogP contribution in [0.2, 0.25) is 0 Å². The van der Waals surface area contributed by atoms with Crippen molar-refractivity contribution in [2.24, 2.45) is 0 Å². The van der Waals surface area contributed by atoms with E-state index >= 15 is 0 Å². The van der Waals surface area contributed by atoms with Gasteiger partial charge in [0.25, 0.3) is 0 Å². The number of fused-ring (bicyclic) bond motifs is 1. The summed E-state index contributed by atoms with van der Waals surface area (Å²) in [6, 6.07) is 5.88. The summed E-state index contributed by atoms with van der Waals surface area (Å²) in [6.45, 7) is 3.22. The van der Waals surface area contributed by atoms with Gasteiger partial charge in [0.2, 0.25) is 0 Å². The number of methoxy groups -OCH3 is 1. The lowest BCUT2D eigenvalue weighted by Gasteiger charge is -2.12. The SMILES string of the molecule is CCOC(=O)c1cnc2cc(OCCOC)c(C3CC3)cc2c1. The quantitative estimate of drug-likeness (QED) is 0.579. The molecule has 1 heterocycles. The Morgan fingerprint density at radius 2 is 2.09 bits per heavy atom. The molecule has 0 N–H and O–H groups in total. The van der Waals surface area contributed by atoms with Crippen molar-refractivity contribution in [2.75, 3.05) is 26.9 Å². The van der Waals surface area contributed by atoms with Gasteiger partial charge >= 0.3 is 5.97 Å². The highest BCUT2D eigenvalue weighted by Crippen LogP contribution is 2.45. The molecule has 5 heteroatoms. The second-order valence-corrected chi connectivity index (χ2v) is 5.64. The highest BCUT2D eigenvalue weighted by molar-refractivity contribution is 5.94. The van der Waals surface area contributed by atoms with Crippen LogP contribution in [-0.2, 0) is 9.47 Å². The van der Waals surface area contributed by atoms with Gasteiger partial charge in [0.1, 0.15) is 12.4 Å². The highest BCUT2D eigenvalue weighted by atomic mass is 16.5. The maximum atomic E-state index is 11.9. The molecule has 0 bridgehead atoms. The summed E-state index contributed by atoms with van der Waals surface area (Å²) in [6.07, 6.45) is 3.91. The second-order valence-electron chi connectivity index (χ2n) is 5.64. The molecule has 0 amide bonds. The number of esters is 1. The maximum Gasteiger partial charge on any atom is 0.339 e. The lowest BCUT2D eigenvalue weighted by molar-refractivity contribution is 0.0526. The van der Waals surface area contributed by atoms with E-state index in [0.29, 0.717) is 31.3 Å². The van der Waals surface area contributed by atoms with E-state index < -0.39 is 0 Å². The number of carbonyl (C=O) groups is 1. The van der Waals surface area contributed by atoms with Crippen molar-refractivity contribution in [3.8, 4) is 5.75 Å². The number of benzene rings is 1. The molecule has 0 spiro atoms. The Balaban J connectivity index is 1.94. The normalized spacial score (nSPS) is 14.0. The van der Waals surface area contributed by atoms with Crippen molar-refractivity contribution in [1.82, 2.24) is 4.98 Å². The van der Waals surface area contributed by atoms with Crippen LogP contribution in [0.1, 0.15) is 41.6 Å². The first-order valence-corrected chi connectivity index (χ1v) is 7.95. The first-order chi connectivity index (χ1) is 11.2. The van der Waals surface area contributed by atoms with E-state index in [4.69, 9.17) is 14.2 Å². The number of aromatic nitrogens is 1. The first kappa shape index (κ1) is 15.7. The minimum Gasteiger partial charge on any atom is -0.491 e. The molecule has 3 rings (SSSR count). The maximum absolute atomic E-state index is 11.9. The van der Waals surface area contributed by atoms with Gasteiger partial charge in [0.05, 0.1) is 24.3 Å². The average molecular weight is 315 g/mol. The molecule has 1 aliphatic rings. The third kappa shape index (κ3) is 3.62. The summed E-state index contributed by atoms with van der Waals surface area (Å²) in [5.74, 6) is 1.08. The van der Waals surface area contributed by atoms with Gasteiger partial charge in [-0.3, -0.25) is 4.98 Å². The van der Waals surface area contributed by atoms with Crippen LogP contribution in [0.4, 0.5) is 0 Å². The zero-order valence-electron chi connectivity index (χ0n) is 13.5. The van der Waals surface area contributed by atoms with Crippen LogP contribution in [0.25, 0.3) is 10.9 Å². The van der Waals surface area contributed by atoms with E-state index in [1.165, 1.54) is 18.4 Å². The van der Waals surface area contributed by atoms with Gasteiger partial charge in [-0.05, 0) is 43.4 Å². The van der Waals surface area contributed by atoms with Crippen LogP contribution in [0.3, 0.4) is 0 Å². The Labute approximate surface area is 135 Å². The monoisotopic (exact) mass is 315 g/mol. The van der Waals surface area contributed by atoms with E-state index in [-0.39, 0.29) is 5.97 Å². The summed E-state index contributed by atoms with van der Waals surface area (Å²) < 4.78 is 15.9. The van der Waals surface area contributed by atoms with Gasteiger partial charge in [-0.25, -0.2) is 4.79 Å². The summed E-state index contributed by atoms with van der Waals surface area (Å²) in [5, 5.41) is 0.941. The average Bonchev–Trinajstić information content (AvgIpc) is 3.39. The van der Waals surface area contributed by atoms with Crippen LogP contribution < -0.4 is 4.74 Å². The van der Waals surface area contributed by atoms with Crippen LogP contribution in [0.15, 0.2) is 24.4 Å². The number of rotatable bonds is 7. The number of ether oxygens (including phenoxy) is 3. The number of hydrogen-bond donors (Lipinski definition) is 0.